The summed E-state index contributed by atoms with van der Waals surface area (Å²) in [6.07, 6.45) is 1.43. The van der Waals surface area contributed by atoms with E-state index in [0.717, 1.165) is 41.3 Å². The van der Waals surface area contributed by atoms with Crippen LogP contribution in [0.3, 0.4) is 0 Å². The van der Waals surface area contributed by atoms with Gasteiger partial charge in [-0.1, -0.05) is 104 Å². The molecule has 2 N–H and O–H groups in total. The molecule has 2 fully saturated rings. The minimum absolute atomic E-state index is 0.0600. The monoisotopic (exact) mass is 644 g/mol. The molecule has 0 radical (unpaired) electrons. The molecule has 10 heteroatoms. The molecule has 5 rings (SSSR count). The van der Waals surface area contributed by atoms with E-state index in [0.29, 0.717) is 19.5 Å². The topological polar surface area (TPSA) is 91.0 Å². The Morgan fingerprint density at radius 3 is 1.93 bits per heavy atom. The van der Waals surface area contributed by atoms with Crippen molar-refractivity contribution < 1.29 is 19.1 Å². The molecule has 0 spiro atoms. The van der Waals surface area contributed by atoms with E-state index in [2.05, 4.69) is 53.6 Å². The molecule has 3 aromatic carbocycles. The van der Waals surface area contributed by atoms with Crippen LogP contribution in [-0.4, -0.2) is 90.0 Å². The maximum absolute atomic E-state index is 13.6. The largest absolute Gasteiger partial charge is 0.445 e. The molecule has 3 aromatic rings. The number of carbonyl (C=O) groups excluding carboxylic acids is 3. The number of urea groups is 1. The molecule has 2 atom stereocenters. The van der Waals surface area contributed by atoms with Crippen molar-refractivity contribution in [1.82, 2.24) is 20.4 Å². The van der Waals surface area contributed by atoms with Crippen molar-refractivity contribution in [3.63, 3.8) is 0 Å². The fourth-order valence-corrected chi connectivity index (χ4v) is 8.60. The number of carbonyl (C=O) groups is 3. The summed E-state index contributed by atoms with van der Waals surface area (Å²) in [5, 5.41) is 5.76. The molecule has 2 heterocycles. The maximum Gasteiger partial charge on any atom is 0.410 e. The smallest absolute Gasteiger partial charge is 0.410 e. The molecule has 8 nitrogen and oxygen atoms in total. The van der Waals surface area contributed by atoms with Crippen LogP contribution in [0.5, 0.6) is 0 Å². The second kappa shape index (κ2) is 15.9. The van der Waals surface area contributed by atoms with E-state index < -0.39 is 16.9 Å². The van der Waals surface area contributed by atoms with Crippen molar-refractivity contribution in [2.24, 2.45) is 0 Å². The van der Waals surface area contributed by atoms with E-state index in [1.165, 1.54) is 11.0 Å². The molecular formula is C35H40N4O4S2. The molecule has 45 heavy (non-hydrogen) atoms. The number of ether oxygens (including phenoxy) is 1. The third-order valence-corrected chi connectivity index (χ3v) is 10.7. The second-order valence-electron chi connectivity index (χ2n) is 10.9. The van der Waals surface area contributed by atoms with E-state index in [-0.39, 0.29) is 30.3 Å². The van der Waals surface area contributed by atoms with Gasteiger partial charge in [0.25, 0.3) is 0 Å². The van der Waals surface area contributed by atoms with Gasteiger partial charge in [-0.25, -0.2) is 9.59 Å². The number of nitrogens with one attached hydrogen (secondary N) is 2. The van der Waals surface area contributed by atoms with Gasteiger partial charge in [0.1, 0.15) is 12.6 Å². The number of thioether (sulfide) groups is 2. The number of nitrogens with zero attached hydrogens (tertiary/aromatic N) is 2. The van der Waals surface area contributed by atoms with Crippen LogP contribution >= 0.6 is 23.5 Å². The summed E-state index contributed by atoms with van der Waals surface area (Å²) in [5.41, 5.74) is 3.34. The third kappa shape index (κ3) is 7.86. The van der Waals surface area contributed by atoms with Gasteiger partial charge in [-0.05, 0) is 23.1 Å². The highest BCUT2D eigenvalue weighted by Crippen LogP contribution is 2.52. The number of hydrogen-bond acceptors (Lipinski definition) is 6. The number of hydrogen-bond donors (Lipinski definition) is 2. The summed E-state index contributed by atoms with van der Waals surface area (Å²) in [7, 11) is 0. The van der Waals surface area contributed by atoms with Crippen LogP contribution < -0.4 is 10.6 Å². The number of amides is 4. The molecule has 0 aromatic heterocycles. The van der Waals surface area contributed by atoms with E-state index >= 15 is 0 Å². The molecule has 0 bridgehead atoms. The quantitative estimate of drug-likeness (QED) is 0.166. The maximum atomic E-state index is 13.6. The molecular weight excluding hydrogens is 605 g/mol. The number of likely N-dealkylation sites (tertiary alicyclic amines) is 1. The van der Waals surface area contributed by atoms with Crippen molar-refractivity contribution in [3.8, 4) is 0 Å². The van der Waals surface area contributed by atoms with Crippen molar-refractivity contribution in [2.75, 3.05) is 50.8 Å². The van der Waals surface area contributed by atoms with Gasteiger partial charge >= 0.3 is 12.1 Å². The summed E-state index contributed by atoms with van der Waals surface area (Å²) in [6, 6.07) is 30.3. The SMILES string of the molecule is C=CCOC(=O)N1C[C@@H](SC(c2ccccc2)(c2ccccc2)c2ccccc2)C[C@H]1C(=O)NCCNC(=O)N1CCSCC1. The summed E-state index contributed by atoms with van der Waals surface area (Å²) >= 11 is 3.60. The number of rotatable bonds is 11. The Morgan fingerprint density at radius 1 is 0.867 bits per heavy atom. The normalized spacial score (nSPS) is 18.2. The van der Waals surface area contributed by atoms with Crippen LogP contribution in [0, 0.1) is 0 Å². The molecule has 2 aliphatic rings. The molecule has 2 aliphatic heterocycles. The first-order valence-electron chi connectivity index (χ1n) is 15.3. The van der Waals surface area contributed by atoms with E-state index in [4.69, 9.17) is 4.74 Å². The first-order valence-corrected chi connectivity index (χ1v) is 17.3. The highest BCUT2D eigenvalue weighted by molar-refractivity contribution is 8.01. The van der Waals surface area contributed by atoms with Gasteiger partial charge in [0.2, 0.25) is 5.91 Å². The lowest BCUT2D eigenvalue weighted by atomic mass is 9.84. The molecule has 0 unspecified atom stereocenters. The predicted molar refractivity (Wildman–Crippen MR) is 183 cm³/mol. The van der Waals surface area contributed by atoms with Gasteiger partial charge < -0.3 is 20.3 Å². The van der Waals surface area contributed by atoms with E-state index in [1.54, 1.807) is 16.7 Å². The number of benzene rings is 3. The minimum atomic E-state index is -0.713. The van der Waals surface area contributed by atoms with Crippen LogP contribution in [0.2, 0.25) is 0 Å². The summed E-state index contributed by atoms with van der Waals surface area (Å²) in [4.78, 5) is 42.6. The molecule has 4 amide bonds. The zero-order chi connectivity index (χ0) is 31.5. The van der Waals surface area contributed by atoms with Crippen molar-refractivity contribution in [1.29, 1.82) is 0 Å². The van der Waals surface area contributed by atoms with Crippen LogP contribution in [0.15, 0.2) is 104 Å². The first-order chi connectivity index (χ1) is 22.0. The van der Waals surface area contributed by atoms with Crippen LogP contribution in [-0.2, 0) is 14.3 Å². The fourth-order valence-electron chi connectivity index (χ4n) is 5.87. The van der Waals surface area contributed by atoms with Crippen LogP contribution in [0.4, 0.5) is 9.59 Å². The lowest BCUT2D eigenvalue weighted by Gasteiger charge is -2.37. The molecule has 2 saturated heterocycles. The zero-order valence-corrected chi connectivity index (χ0v) is 26.9. The fraction of sp³-hybridized carbons (Fsp3) is 0.343. The van der Waals surface area contributed by atoms with Gasteiger partial charge in [-0.2, -0.15) is 11.8 Å². The minimum Gasteiger partial charge on any atom is -0.445 e. The van der Waals surface area contributed by atoms with Crippen LogP contribution in [0.1, 0.15) is 23.1 Å². The highest BCUT2D eigenvalue weighted by Gasteiger charge is 2.46. The Kier molecular flexibility index (Phi) is 11.5. The second-order valence-corrected chi connectivity index (χ2v) is 13.7. The van der Waals surface area contributed by atoms with Gasteiger partial charge in [0.15, 0.2) is 0 Å². The summed E-state index contributed by atoms with van der Waals surface area (Å²) in [6.45, 7) is 6.08. The van der Waals surface area contributed by atoms with Gasteiger partial charge in [0, 0.05) is 49.5 Å². The first kappa shape index (κ1) is 32.5. The Hall–Kier alpha value is -3.89. The summed E-state index contributed by atoms with van der Waals surface area (Å²) in [5.74, 6) is 1.60. The van der Waals surface area contributed by atoms with E-state index in [1.807, 2.05) is 66.4 Å². The third-order valence-electron chi connectivity index (χ3n) is 8.01. The Balaban J connectivity index is 1.37. The van der Waals surface area contributed by atoms with Crippen molar-refractivity contribution >= 4 is 41.6 Å². The van der Waals surface area contributed by atoms with Gasteiger partial charge in [-0.15, -0.1) is 11.8 Å². The average Bonchev–Trinajstić information content (AvgIpc) is 3.53. The predicted octanol–water partition coefficient (Wildman–Crippen LogP) is 5.35. The van der Waals surface area contributed by atoms with Gasteiger partial charge in [0.05, 0.1) is 4.75 Å². The zero-order valence-electron chi connectivity index (χ0n) is 25.3. The standard InChI is InChI=1S/C35H40N4O4S2/c1-2-22-43-34(42)39-26-30(25-31(39)32(40)36-18-19-37-33(41)38-20-23-44-24-21-38)45-35(27-12-6-3-7-13-27,28-14-8-4-9-15-28)29-16-10-5-11-17-29/h2-17,30-31H,1,18-26H2,(H,36,40)(H,37,41)/t30-,31-/m0/s1. The molecule has 0 aliphatic carbocycles. The lowest BCUT2D eigenvalue weighted by molar-refractivity contribution is -0.125. The van der Waals surface area contributed by atoms with Gasteiger partial charge in [-0.3, -0.25) is 9.69 Å². The molecule has 236 valence electrons. The molecule has 0 saturated carbocycles. The van der Waals surface area contributed by atoms with Crippen molar-refractivity contribution in [3.05, 3.63) is 120 Å². The van der Waals surface area contributed by atoms with Crippen LogP contribution in [0.25, 0.3) is 0 Å². The lowest BCUT2D eigenvalue weighted by Crippen LogP contribution is -2.49. The summed E-state index contributed by atoms with van der Waals surface area (Å²) < 4.78 is 4.84. The Labute approximate surface area is 274 Å². The van der Waals surface area contributed by atoms with E-state index in [9.17, 15) is 14.4 Å². The Morgan fingerprint density at radius 2 is 1.40 bits per heavy atom. The Bertz CT molecular complexity index is 1320. The average molecular weight is 645 g/mol. The highest BCUT2D eigenvalue weighted by atomic mass is 32.2. The van der Waals surface area contributed by atoms with Crippen molar-refractivity contribution in [2.45, 2.75) is 22.5 Å².